The third kappa shape index (κ3) is 3.98. The number of aromatic nitrogens is 1. The van der Waals surface area contributed by atoms with E-state index in [0.717, 1.165) is 17.4 Å². The monoisotopic (exact) mass is 312 g/mol. The molecule has 0 unspecified atom stereocenters. The van der Waals surface area contributed by atoms with Gasteiger partial charge in [0.25, 0.3) is 0 Å². The fourth-order valence-corrected chi connectivity index (χ4v) is 2.35. The zero-order valence-electron chi connectivity index (χ0n) is 11.7. The van der Waals surface area contributed by atoms with Crippen molar-refractivity contribution in [2.75, 3.05) is 5.32 Å². The van der Waals surface area contributed by atoms with Gasteiger partial charge in [0, 0.05) is 5.56 Å². The predicted octanol–water partition coefficient (Wildman–Crippen LogP) is 4.44. The lowest BCUT2D eigenvalue weighted by Crippen LogP contribution is -2.26. The number of halogens is 2. The molecule has 4 nitrogen and oxygen atoms in total. The Hall–Kier alpha value is -2.02. The van der Waals surface area contributed by atoms with Gasteiger partial charge in [0.15, 0.2) is 11.6 Å². The number of rotatable bonds is 2. The number of benzene rings is 1. The van der Waals surface area contributed by atoms with E-state index in [4.69, 9.17) is 4.74 Å². The number of ether oxygens (including phenoxy) is 1. The predicted molar refractivity (Wildman–Crippen MR) is 77.3 cm³/mol. The third-order valence-corrected chi connectivity index (χ3v) is 3.26. The van der Waals surface area contributed by atoms with Crippen molar-refractivity contribution in [1.82, 2.24) is 4.98 Å². The van der Waals surface area contributed by atoms with Crippen LogP contribution < -0.4 is 5.32 Å². The molecule has 0 fully saturated rings. The Morgan fingerprint density at radius 1 is 1.33 bits per heavy atom. The first-order chi connectivity index (χ1) is 9.76. The van der Waals surface area contributed by atoms with Gasteiger partial charge >= 0.3 is 6.09 Å². The molecule has 0 spiro atoms. The van der Waals surface area contributed by atoms with Crippen molar-refractivity contribution >= 4 is 22.4 Å². The molecule has 2 aromatic rings. The highest BCUT2D eigenvalue weighted by Gasteiger charge is 2.18. The van der Waals surface area contributed by atoms with Crippen molar-refractivity contribution in [2.24, 2.45) is 0 Å². The van der Waals surface area contributed by atoms with E-state index in [-0.39, 0.29) is 10.6 Å². The van der Waals surface area contributed by atoms with Gasteiger partial charge in [-0.1, -0.05) is 17.4 Å². The van der Waals surface area contributed by atoms with Crippen LogP contribution in [0.15, 0.2) is 24.4 Å². The molecule has 0 aliphatic carbocycles. The normalized spacial score (nSPS) is 11.3. The van der Waals surface area contributed by atoms with Crippen LogP contribution >= 0.6 is 11.3 Å². The summed E-state index contributed by atoms with van der Waals surface area (Å²) in [6.45, 7) is 5.23. The molecule has 1 heterocycles. The highest BCUT2D eigenvalue weighted by atomic mass is 32.1. The molecule has 0 aliphatic rings. The average molecular weight is 312 g/mol. The summed E-state index contributed by atoms with van der Waals surface area (Å²) in [4.78, 5) is 15.6. The van der Waals surface area contributed by atoms with Crippen LogP contribution in [0.4, 0.5) is 18.6 Å². The van der Waals surface area contributed by atoms with E-state index >= 15 is 0 Å². The second-order valence-electron chi connectivity index (χ2n) is 5.26. The van der Waals surface area contributed by atoms with Gasteiger partial charge < -0.3 is 4.74 Å². The summed E-state index contributed by atoms with van der Waals surface area (Å²) in [6.07, 6.45) is 0.742. The molecular formula is C14H14F2N2O2S. The minimum absolute atomic E-state index is 0.0530. The van der Waals surface area contributed by atoms with Crippen molar-refractivity contribution in [1.29, 1.82) is 0 Å². The first kappa shape index (κ1) is 15.4. The molecule has 1 amide bonds. The number of carbonyl (C=O) groups is 1. The van der Waals surface area contributed by atoms with Crippen molar-refractivity contribution in [3.8, 4) is 10.6 Å². The van der Waals surface area contributed by atoms with Gasteiger partial charge in [0.05, 0.1) is 6.20 Å². The quantitative estimate of drug-likeness (QED) is 0.892. The second kappa shape index (κ2) is 5.77. The van der Waals surface area contributed by atoms with Gasteiger partial charge in [0.1, 0.15) is 15.6 Å². The van der Waals surface area contributed by atoms with Crippen LogP contribution in [0.2, 0.25) is 0 Å². The molecule has 7 heteroatoms. The van der Waals surface area contributed by atoms with Gasteiger partial charge in [0.2, 0.25) is 0 Å². The fourth-order valence-electron chi connectivity index (χ4n) is 1.53. The Morgan fingerprint density at radius 3 is 2.71 bits per heavy atom. The number of nitrogens with one attached hydrogen (secondary N) is 1. The van der Waals surface area contributed by atoms with E-state index in [1.807, 2.05) is 0 Å². The summed E-state index contributed by atoms with van der Waals surface area (Å²) in [5.41, 5.74) is -0.566. The summed E-state index contributed by atoms with van der Waals surface area (Å²) in [5, 5.41) is 3.17. The average Bonchev–Trinajstić information content (AvgIpc) is 2.78. The van der Waals surface area contributed by atoms with Gasteiger partial charge in [-0.2, -0.15) is 0 Å². The van der Waals surface area contributed by atoms with Crippen LogP contribution in [-0.2, 0) is 4.74 Å². The number of carbonyl (C=O) groups excluding carboxylic acids is 1. The van der Waals surface area contributed by atoms with E-state index in [1.54, 1.807) is 20.8 Å². The number of anilines is 1. The zero-order valence-corrected chi connectivity index (χ0v) is 12.6. The molecule has 21 heavy (non-hydrogen) atoms. The smallest absolute Gasteiger partial charge is 0.412 e. The summed E-state index contributed by atoms with van der Waals surface area (Å²) >= 11 is 1.03. The summed E-state index contributed by atoms with van der Waals surface area (Å²) in [5.74, 6) is -1.90. The van der Waals surface area contributed by atoms with Crippen molar-refractivity contribution < 1.29 is 18.3 Å². The molecule has 0 atom stereocenters. The van der Waals surface area contributed by atoms with Crippen molar-refractivity contribution in [2.45, 2.75) is 26.4 Å². The van der Waals surface area contributed by atoms with Crippen LogP contribution in [0.3, 0.4) is 0 Å². The topological polar surface area (TPSA) is 51.2 Å². The summed E-state index contributed by atoms with van der Waals surface area (Å²) < 4.78 is 31.9. The van der Waals surface area contributed by atoms with Crippen LogP contribution in [0, 0.1) is 11.6 Å². The number of nitrogens with zero attached hydrogens (tertiary/aromatic N) is 1. The maximum absolute atomic E-state index is 13.7. The zero-order chi connectivity index (χ0) is 15.6. The first-order valence-corrected chi connectivity index (χ1v) is 6.98. The number of hydrogen-bond acceptors (Lipinski definition) is 4. The Morgan fingerprint density at radius 2 is 2.05 bits per heavy atom. The highest BCUT2D eigenvalue weighted by molar-refractivity contribution is 7.19. The van der Waals surface area contributed by atoms with Crippen LogP contribution in [-0.4, -0.2) is 16.7 Å². The molecule has 0 bridgehead atoms. The van der Waals surface area contributed by atoms with Gasteiger partial charge in [-0.15, -0.1) is 0 Å². The minimum atomic E-state index is -0.962. The molecular weight excluding hydrogens is 298 g/mol. The van der Waals surface area contributed by atoms with E-state index < -0.39 is 23.3 Å². The first-order valence-electron chi connectivity index (χ1n) is 6.16. The standard InChI is InChI=1S/C14H14F2N2O2S/c1-14(2,3)20-13(19)18-10-7-17-12(21-10)8-5-4-6-9(15)11(8)16/h4-7H,1-3H3,(H,18,19). The molecule has 0 aliphatic heterocycles. The van der Waals surface area contributed by atoms with Gasteiger partial charge in [-0.3, -0.25) is 5.32 Å². The number of amides is 1. The van der Waals surface area contributed by atoms with Crippen LogP contribution in [0.5, 0.6) is 0 Å². The lowest BCUT2D eigenvalue weighted by Gasteiger charge is -2.19. The lowest BCUT2D eigenvalue weighted by molar-refractivity contribution is 0.0636. The van der Waals surface area contributed by atoms with Crippen LogP contribution in [0.25, 0.3) is 10.6 Å². The Bertz CT molecular complexity index is 665. The minimum Gasteiger partial charge on any atom is -0.444 e. The Kier molecular flexibility index (Phi) is 4.22. The van der Waals surface area contributed by atoms with E-state index in [1.165, 1.54) is 18.3 Å². The van der Waals surface area contributed by atoms with E-state index in [9.17, 15) is 13.6 Å². The summed E-state index contributed by atoms with van der Waals surface area (Å²) in [7, 11) is 0. The maximum Gasteiger partial charge on any atom is 0.412 e. The second-order valence-corrected chi connectivity index (χ2v) is 6.29. The molecule has 112 valence electrons. The fraction of sp³-hybridized carbons (Fsp3) is 0.286. The van der Waals surface area contributed by atoms with Crippen molar-refractivity contribution in [3.05, 3.63) is 36.0 Å². The highest BCUT2D eigenvalue weighted by Crippen LogP contribution is 2.31. The summed E-state index contributed by atoms with van der Waals surface area (Å²) in [6, 6.07) is 3.86. The molecule has 1 aromatic heterocycles. The molecule has 0 radical (unpaired) electrons. The maximum atomic E-state index is 13.7. The van der Waals surface area contributed by atoms with Crippen LogP contribution in [0.1, 0.15) is 20.8 Å². The Labute approximate surface area is 124 Å². The Balaban J connectivity index is 2.15. The third-order valence-electron chi connectivity index (χ3n) is 2.31. The molecule has 2 rings (SSSR count). The molecule has 1 N–H and O–H groups in total. The van der Waals surface area contributed by atoms with Gasteiger partial charge in [-0.05, 0) is 32.9 Å². The molecule has 1 aromatic carbocycles. The van der Waals surface area contributed by atoms with Gasteiger partial charge in [-0.25, -0.2) is 18.6 Å². The lowest BCUT2D eigenvalue weighted by atomic mass is 10.2. The number of hydrogen-bond donors (Lipinski definition) is 1. The SMILES string of the molecule is CC(C)(C)OC(=O)Nc1cnc(-c2cccc(F)c2F)s1. The van der Waals surface area contributed by atoms with E-state index in [2.05, 4.69) is 10.3 Å². The van der Waals surface area contributed by atoms with E-state index in [0.29, 0.717) is 5.00 Å². The molecule has 0 saturated heterocycles. The molecule has 0 saturated carbocycles. The largest absolute Gasteiger partial charge is 0.444 e. The number of thiazole rings is 1. The van der Waals surface area contributed by atoms with Crippen molar-refractivity contribution in [3.63, 3.8) is 0 Å².